The number of anilines is 1. The molecule has 2 heterocycles. The summed E-state index contributed by atoms with van der Waals surface area (Å²) in [4.78, 5) is 22.5. The molecule has 0 radical (unpaired) electrons. The summed E-state index contributed by atoms with van der Waals surface area (Å²) in [6.07, 6.45) is 6.75. The number of carbonyl (C=O) groups excluding carboxylic acids is 1. The Bertz CT molecular complexity index is 423. The van der Waals surface area contributed by atoms with Gasteiger partial charge in [0.05, 0.1) is 0 Å². The Morgan fingerprint density at radius 3 is 3.00 bits per heavy atom. The molecule has 2 rings (SSSR count). The molecule has 0 bridgehead atoms. The minimum absolute atomic E-state index is 0.0707. The van der Waals surface area contributed by atoms with Crippen molar-refractivity contribution in [1.29, 1.82) is 0 Å². The molecule has 20 heavy (non-hydrogen) atoms. The molecule has 110 valence electrons. The molecule has 1 fully saturated rings. The molecule has 1 aromatic rings. The van der Waals surface area contributed by atoms with Gasteiger partial charge in [-0.15, -0.1) is 0 Å². The molecule has 0 spiro atoms. The summed E-state index contributed by atoms with van der Waals surface area (Å²) < 4.78 is 0. The Labute approximate surface area is 119 Å². The second kappa shape index (κ2) is 7.19. The SMILES string of the molecule is CC(N)CCC(=O)NC1CCCN(c2ncccn2)C1. The Morgan fingerprint density at radius 1 is 1.55 bits per heavy atom. The first-order valence-electron chi connectivity index (χ1n) is 7.22. The lowest BCUT2D eigenvalue weighted by Crippen LogP contribution is -2.48. The van der Waals surface area contributed by atoms with E-state index in [9.17, 15) is 4.79 Å². The zero-order valence-electron chi connectivity index (χ0n) is 12.0. The van der Waals surface area contributed by atoms with Gasteiger partial charge in [-0.3, -0.25) is 4.79 Å². The number of hydrogen-bond acceptors (Lipinski definition) is 5. The summed E-state index contributed by atoms with van der Waals surface area (Å²) in [6, 6.07) is 2.05. The van der Waals surface area contributed by atoms with E-state index >= 15 is 0 Å². The van der Waals surface area contributed by atoms with Crippen LogP contribution in [0.25, 0.3) is 0 Å². The second-order valence-corrected chi connectivity index (χ2v) is 5.42. The van der Waals surface area contributed by atoms with E-state index in [0.29, 0.717) is 6.42 Å². The number of nitrogens with one attached hydrogen (secondary N) is 1. The lowest BCUT2D eigenvalue weighted by molar-refractivity contribution is -0.122. The predicted molar refractivity (Wildman–Crippen MR) is 78.3 cm³/mol. The molecule has 1 aliphatic heterocycles. The highest BCUT2D eigenvalue weighted by Gasteiger charge is 2.22. The van der Waals surface area contributed by atoms with Crippen LogP contribution in [0.1, 0.15) is 32.6 Å². The fourth-order valence-electron chi connectivity index (χ4n) is 2.39. The zero-order valence-corrected chi connectivity index (χ0v) is 12.0. The van der Waals surface area contributed by atoms with E-state index < -0.39 is 0 Å². The van der Waals surface area contributed by atoms with Crippen LogP contribution in [0, 0.1) is 0 Å². The van der Waals surface area contributed by atoms with Crippen LogP contribution in [0.4, 0.5) is 5.95 Å². The van der Waals surface area contributed by atoms with Gasteiger partial charge < -0.3 is 16.0 Å². The Morgan fingerprint density at radius 2 is 2.30 bits per heavy atom. The van der Waals surface area contributed by atoms with E-state index in [4.69, 9.17) is 5.73 Å². The number of nitrogens with zero attached hydrogens (tertiary/aromatic N) is 3. The molecule has 6 nitrogen and oxygen atoms in total. The fourth-order valence-corrected chi connectivity index (χ4v) is 2.39. The maximum atomic E-state index is 11.8. The van der Waals surface area contributed by atoms with E-state index in [0.717, 1.165) is 38.3 Å². The van der Waals surface area contributed by atoms with Gasteiger partial charge >= 0.3 is 0 Å². The van der Waals surface area contributed by atoms with Crippen molar-refractivity contribution in [2.24, 2.45) is 5.73 Å². The third kappa shape index (κ3) is 4.45. The summed E-state index contributed by atoms with van der Waals surface area (Å²) in [5, 5.41) is 3.08. The average molecular weight is 277 g/mol. The predicted octanol–water partition coefficient (Wildman–Crippen LogP) is 0.689. The molecule has 1 aliphatic rings. The lowest BCUT2D eigenvalue weighted by atomic mass is 10.1. The molecule has 6 heteroatoms. The van der Waals surface area contributed by atoms with Crippen molar-refractivity contribution >= 4 is 11.9 Å². The molecule has 0 aromatic carbocycles. The molecule has 0 aliphatic carbocycles. The van der Waals surface area contributed by atoms with Gasteiger partial charge in [0.2, 0.25) is 11.9 Å². The number of nitrogens with two attached hydrogens (primary N) is 1. The Balaban J connectivity index is 1.83. The summed E-state index contributed by atoms with van der Waals surface area (Å²) in [5.74, 6) is 0.824. The summed E-state index contributed by atoms with van der Waals surface area (Å²) >= 11 is 0. The minimum atomic E-state index is 0.0707. The summed E-state index contributed by atoms with van der Waals surface area (Å²) in [5.41, 5.74) is 5.67. The maximum absolute atomic E-state index is 11.8. The number of aromatic nitrogens is 2. The normalized spacial score (nSPS) is 20.5. The van der Waals surface area contributed by atoms with E-state index in [1.165, 1.54) is 0 Å². The molecule has 1 aromatic heterocycles. The van der Waals surface area contributed by atoms with Crippen LogP contribution in [0.3, 0.4) is 0 Å². The third-order valence-corrected chi connectivity index (χ3v) is 3.45. The van der Waals surface area contributed by atoms with E-state index in [1.54, 1.807) is 18.5 Å². The molecular formula is C14H23N5O. The monoisotopic (exact) mass is 277 g/mol. The van der Waals surface area contributed by atoms with Gasteiger partial charge in [-0.25, -0.2) is 9.97 Å². The number of carbonyl (C=O) groups is 1. The van der Waals surface area contributed by atoms with Crippen LogP contribution in [-0.4, -0.2) is 41.0 Å². The van der Waals surface area contributed by atoms with Crippen molar-refractivity contribution in [3.05, 3.63) is 18.5 Å². The third-order valence-electron chi connectivity index (χ3n) is 3.45. The van der Waals surface area contributed by atoms with Gasteiger partial charge in [0.1, 0.15) is 0 Å². The maximum Gasteiger partial charge on any atom is 0.225 e. The molecule has 3 N–H and O–H groups in total. The van der Waals surface area contributed by atoms with Crippen molar-refractivity contribution in [2.45, 2.75) is 44.7 Å². The largest absolute Gasteiger partial charge is 0.352 e. The second-order valence-electron chi connectivity index (χ2n) is 5.42. The number of amides is 1. The van der Waals surface area contributed by atoms with Crippen LogP contribution in [0.15, 0.2) is 18.5 Å². The molecular weight excluding hydrogens is 254 g/mol. The van der Waals surface area contributed by atoms with Gasteiger partial charge in [0, 0.05) is 44.0 Å². The van der Waals surface area contributed by atoms with Gasteiger partial charge in [0.15, 0.2) is 0 Å². The van der Waals surface area contributed by atoms with Crippen LogP contribution < -0.4 is 16.0 Å². The molecule has 2 unspecified atom stereocenters. The van der Waals surface area contributed by atoms with Crippen molar-refractivity contribution in [3.8, 4) is 0 Å². The first-order valence-corrected chi connectivity index (χ1v) is 7.22. The fraction of sp³-hybridized carbons (Fsp3) is 0.643. The van der Waals surface area contributed by atoms with Crippen LogP contribution in [0.5, 0.6) is 0 Å². The van der Waals surface area contributed by atoms with Gasteiger partial charge in [-0.2, -0.15) is 0 Å². The van der Waals surface area contributed by atoms with Crippen LogP contribution in [-0.2, 0) is 4.79 Å². The van der Waals surface area contributed by atoms with Crippen molar-refractivity contribution in [3.63, 3.8) is 0 Å². The highest BCUT2D eigenvalue weighted by atomic mass is 16.1. The Hall–Kier alpha value is -1.69. The van der Waals surface area contributed by atoms with Gasteiger partial charge in [0.25, 0.3) is 0 Å². The average Bonchev–Trinajstić information content (AvgIpc) is 2.46. The molecule has 1 saturated heterocycles. The first-order chi connectivity index (χ1) is 9.65. The number of piperidine rings is 1. The quantitative estimate of drug-likeness (QED) is 0.827. The van der Waals surface area contributed by atoms with Crippen LogP contribution >= 0.6 is 0 Å². The molecule has 2 atom stereocenters. The van der Waals surface area contributed by atoms with E-state index in [1.807, 2.05) is 6.92 Å². The number of hydrogen-bond donors (Lipinski definition) is 2. The van der Waals surface area contributed by atoms with Crippen molar-refractivity contribution in [1.82, 2.24) is 15.3 Å². The van der Waals surface area contributed by atoms with Gasteiger partial charge in [-0.05, 0) is 32.3 Å². The highest BCUT2D eigenvalue weighted by Crippen LogP contribution is 2.15. The zero-order chi connectivity index (χ0) is 14.4. The van der Waals surface area contributed by atoms with E-state index in [-0.39, 0.29) is 18.0 Å². The van der Waals surface area contributed by atoms with Crippen molar-refractivity contribution < 1.29 is 4.79 Å². The van der Waals surface area contributed by atoms with Crippen molar-refractivity contribution in [2.75, 3.05) is 18.0 Å². The standard InChI is InChI=1S/C14H23N5O/c1-11(15)5-6-13(20)18-12-4-2-9-19(10-12)14-16-7-3-8-17-14/h3,7-8,11-12H,2,4-6,9-10,15H2,1H3,(H,18,20). The van der Waals surface area contributed by atoms with Gasteiger partial charge in [-0.1, -0.05) is 0 Å². The first kappa shape index (κ1) is 14.7. The minimum Gasteiger partial charge on any atom is -0.352 e. The summed E-state index contributed by atoms with van der Waals surface area (Å²) in [7, 11) is 0. The highest BCUT2D eigenvalue weighted by molar-refractivity contribution is 5.76. The summed E-state index contributed by atoms with van der Waals surface area (Å²) in [6.45, 7) is 3.63. The number of rotatable bonds is 5. The molecule has 0 saturated carbocycles. The topological polar surface area (TPSA) is 84.1 Å². The Kier molecular flexibility index (Phi) is 5.29. The smallest absolute Gasteiger partial charge is 0.225 e. The lowest BCUT2D eigenvalue weighted by Gasteiger charge is -2.33. The van der Waals surface area contributed by atoms with Crippen LogP contribution in [0.2, 0.25) is 0 Å². The van der Waals surface area contributed by atoms with E-state index in [2.05, 4.69) is 20.2 Å². The molecule has 1 amide bonds.